The molecule has 1 aliphatic rings. The number of urea groups is 1. The Labute approximate surface area is 170 Å². The number of amides is 3. The molecule has 1 atom stereocenters. The second-order valence-electron chi connectivity index (χ2n) is 7.75. The average molecular weight is 429 g/mol. The van der Waals surface area contributed by atoms with E-state index >= 15 is 0 Å². The lowest BCUT2D eigenvalue weighted by Crippen LogP contribution is -2.49. The zero-order valence-corrected chi connectivity index (χ0v) is 18.3. The molecule has 0 spiro atoms. The second-order valence-corrected chi connectivity index (χ2v) is 11.0. The number of nitrogens with one attached hydrogen (secondary N) is 2. The Morgan fingerprint density at radius 2 is 1.82 bits per heavy atom. The van der Waals surface area contributed by atoms with Gasteiger partial charge in [0.25, 0.3) is 0 Å². The number of aromatic nitrogens is 1. The van der Waals surface area contributed by atoms with Gasteiger partial charge >= 0.3 is 6.03 Å². The maximum absolute atomic E-state index is 12.6. The van der Waals surface area contributed by atoms with Crippen molar-refractivity contribution < 1.29 is 18.0 Å². The average Bonchev–Trinajstić information content (AvgIpc) is 2.61. The van der Waals surface area contributed by atoms with Crippen LogP contribution in [-0.4, -0.2) is 53.5 Å². The van der Waals surface area contributed by atoms with Gasteiger partial charge in [-0.2, -0.15) is 4.31 Å². The maximum Gasteiger partial charge on any atom is 0.321 e. The van der Waals surface area contributed by atoms with Crippen LogP contribution in [0.3, 0.4) is 0 Å². The van der Waals surface area contributed by atoms with Gasteiger partial charge in [-0.05, 0) is 52.7 Å². The summed E-state index contributed by atoms with van der Waals surface area (Å²) in [5.41, 5.74) is -0.446. The monoisotopic (exact) mass is 428 g/mol. The number of carbonyl (C=O) groups excluding carboxylic acids is 2. The fourth-order valence-electron chi connectivity index (χ4n) is 2.66. The van der Waals surface area contributed by atoms with E-state index in [0.717, 1.165) is 31.0 Å². The lowest BCUT2D eigenvalue weighted by atomic mass is 10.1. The van der Waals surface area contributed by atoms with Crippen LogP contribution in [0.25, 0.3) is 0 Å². The van der Waals surface area contributed by atoms with Crippen LogP contribution in [0.1, 0.15) is 47.0 Å². The van der Waals surface area contributed by atoms with Crippen molar-refractivity contribution in [2.24, 2.45) is 0 Å². The van der Waals surface area contributed by atoms with E-state index in [0.29, 0.717) is 18.1 Å². The van der Waals surface area contributed by atoms with E-state index in [1.54, 1.807) is 13.0 Å². The number of imide groups is 1. The van der Waals surface area contributed by atoms with Gasteiger partial charge in [0.2, 0.25) is 15.9 Å². The summed E-state index contributed by atoms with van der Waals surface area (Å²) in [4.78, 5) is 28.3. The first-order chi connectivity index (χ1) is 13.0. The van der Waals surface area contributed by atoms with Crippen LogP contribution in [0.4, 0.5) is 4.79 Å². The highest BCUT2D eigenvalue weighted by Crippen LogP contribution is 2.24. The quantitative estimate of drug-likeness (QED) is 0.697. The van der Waals surface area contributed by atoms with E-state index in [2.05, 4.69) is 15.6 Å². The smallest absolute Gasteiger partial charge is 0.321 e. The summed E-state index contributed by atoms with van der Waals surface area (Å²) in [7, 11) is -3.53. The van der Waals surface area contributed by atoms with E-state index in [4.69, 9.17) is 0 Å². The van der Waals surface area contributed by atoms with Crippen LogP contribution in [-0.2, 0) is 14.8 Å². The number of piperidine rings is 1. The zero-order chi connectivity index (χ0) is 20.9. The summed E-state index contributed by atoms with van der Waals surface area (Å²) in [6.45, 7) is 8.18. The molecule has 10 heteroatoms. The first-order valence-corrected chi connectivity index (χ1v) is 11.6. The van der Waals surface area contributed by atoms with Crippen LogP contribution in [0.5, 0.6) is 0 Å². The molecule has 28 heavy (non-hydrogen) atoms. The molecular formula is C18H28N4O4S2. The van der Waals surface area contributed by atoms with Gasteiger partial charge in [0.05, 0.1) is 10.3 Å². The summed E-state index contributed by atoms with van der Waals surface area (Å²) >= 11 is 1.15. The van der Waals surface area contributed by atoms with E-state index in [1.165, 1.54) is 16.6 Å². The minimum atomic E-state index is -3.53. The van der Waals surface area contributed by atoms with E-state index in [9.17, 15) is 18.0 Å². The van der Waals surface area contributed by atoms with Crippen molar-refractivity contribution in [1.29, 1.82) is 0 Å². The van der Waals surface area contributed by atoms with Gasteiger partial charge in [-0.15, -0.1) is 0 Å². The van der Waals surface area contributed by atoms with Crippen LogP contribution in [0, 0.1) is 0 Å². The molecule has 1 fully saturated rings. The molecule has 2 rings (SSSR count). The summed E-state index contributed by atoms with van der Waals surface area (Å²) in [5.74, 6) is -0.446. The lowest BCUT2D eigenvalue weighted by Gasteiger charge is -2.25. The van der Waals surface area contributed by atoms with Crippen LogP contribution in [0.2, 0.25) is 0 Å². The summed E-state index contributed by atoms with van der Waals surface area (Å²) in [5, 5.41) is 4.90. The second kappa shape index (κ2) is 9.23. The first kappa shape index (κ1) is 22.6. The van der Waals surface area contributed by atoms with Gasteiger partial charge in [0.15, 0.2) is 0 Å². The molecule has 0 aliphatic carbocycles. The minimum Gasteiger partial charge on any atom is -0.333 e. The predicted molar refractivity (Wildman–Crippen MR) is 109 cm³/mol. The van der Waals surface area contributed by atoms with Crippen molar-refractivity contribution in [2.75, 3.05) is 13.1 Å². The number of rotatable bonds is 5. The van der Waals surface area contributed by atoms with Gasteiger partial charge < -0.3 is 5.32 Å². The van der Waals surface area contributed by atoms with Crippen molar-refractivity contribution in [1.82, 2.24) is 19.9 Å². The topological polar surface area (TPSA) is 108 Å². The molecule has 156 valence electrons. The molecule has 0 aromatic carbocycles. The van der Waals surface area contributed by atoms with Crippen molar-refractivity contribution in [3.8, 4) is 0 Å². The molecule has 0 saturated carbocycles. The maximum atomic E-state index is 12.6. The molecule has 1 aromatic rings. The zero-order valence-electron chi connectivity index (χ0n) is 16.7. The lowest BCUT2D eigenvalue weighted by molar-refractivity contribution is -0.119. The van der Waals surface area contributed by atoms with E-state index in [1.807, 2.05) is 20.8 Å². The van der Waals surface area contributed by atoms with Gasteiger partial charge in [0.1, 0.15) is 4.90 Å². The Kier molecular flexibility index (Phi) is 7.46. The number of thioether (sulfide) groups is 1. The highest BCUT2D eigenvalue weighted by Gasteiger charge is 2.26. The fourth-order valence-corrected chi connectivity index (χ4v) is 4.91. The molecule has 1 saturated heterocycles. The number of hydrogen-bond donors (Lipinski definition) is 2. The van der Waals surface area contributed by atoms with Crippen LogP contribution in [0.15, 0.2) is 28.3 Å². The predicted octanol–water partition coefficient (Wildman–Crippen LogP) is 2.36. The number of carbonyl (C=O) groups is 2. The molecule has 2 N–H and O–H groups in total. The summed E-state index contributed by atoms with van der Waals surface area (Å²) < 4.78 is 26.8. The van der Waals surface area contributed by atoms with Gasteiger partial charge in [-0.25, -0.2) is 18.2 Å². The molecule has 3 amide bonds. The minimum absolute atomic E-state index is 0.153. The summed E-state index contributed by atoms with van der Waals surface area (Å²) in [6.07, 6.45) is 4.11. The third-order valence-corrected chi connectivity index (χ3v) is 6.99. The van der Waals surface area contributed by atoms with Crippen LogP contribution >= 0.6 is 11.8 Å². The van der Waals surface area contributed by atoms with Crippen molar-refractivity contribution >= 4 is 33.7 Å². The number of hydrogen-bond acceptors (Lipinski definition) is 6. The molecule has 8 nitrogen and oxygen atoms in total. The molecule has 1 aromatic heterocycles. The standard InChI is InChI=1S/C18H28N4O4S2/c1-13(16(23)20-17(24)21-18(2,3)4)27-15-9-8-14(12-19-15)28(25,26)22-10-6-5-7-11-22/h8-9,12-13H,5-7,10-11H2,1-4H3,(H2,20,21,23,24). The normalized spacial score (nSPS) is 17.0. The molecule has 0 bridgehead atoms. The fraction of sp³-hybridized carbons (Fsp3) is 0.611. The molecule has 0 radical (unpaired) electrons. The molecular weight excluding hydrogens is 400 g/mol. The number of pyridine rings is 1. The Morgan fingerprint density at radius 1 is 1.18 bits per heavy atom. The van der Waals surface area contributed by atoms with Crippen molar-refractivity contribution in [3.63, 3.8) is 0 Å². The van der Waals surface area contributed by atoms with Crippen molar-refractivity contribution in [3.05, 3.63) is 18.3 Å². The third kappa shape index (κ3) is 6.46. The van der Waals surface area contributed by atoms with Gasteiger partial charge in [0, 0.05) is 24.8 Å². The Balaban J connectivity index is 1.96. The highest BCUT2D eigenvalue weighted by molar-refractivity contribution is 8.00. The third-order valence-electron chi connectivity index (χ3n) is 4.05. The van der Waals surface area contributed by atoms with Crippen molar-refractivity contribution in [2.45, 2.75) is 67.7 Å². The van der Waals surface area contributed by atoms with E-state index < -0.39 is 32.8 Å². The molecule has 1 unspecified atom stereocenters. The largest absolute Gasteiger partial charge is 0.333 e. The van der Waals surface area contributed by atoms with Gasteiger partial charge in [-0.3, -0.25) is 10.1 Å². The number of sulfonamides is 1. The Morgan fingerprint density at radius 3 is 2.36 bits per heavy atom. The first-order valence-electron chi connectivity index (χ1n) is 9.25. The molecule has 1 aliphatic heterocycles. The molecule has 2 heterocycles. The Hall–Kier alpha value is -1.65. The SMILES string of the molecule is CC(Sc1ccc(S(=O)(=O)N2CCCCC2)cn1)C(=O)NC(=O)NC(C)(C)C. The Bertz CT molecular complexity index is 798. The van der Waals surface area contributed by atoms with Gasteiger partial charge in [-0.1, -0.05) is 18.2 Å². The van der Waals surface area contributed by atoms with E-state index in [-0.39, 0.29) is 4.90 Å². The number of nitrogens with zero attached hydrogens (tertiary/aromatic N) is 2. The summed E-state index contributed by atoms with van der Waals surface area (Å²) in [6, 6.07) is 2.54. The highest BCUT2D eigenvalue weighted by atomic mass is 32.2. The van der Waals surface area contributed by atoms with Crippen LogP contribution < -0.4 is 10.6 Å².